The first-order valence-electron chi connectivity index (χ1n) is 10.0. The van der Waals surface area contributed by atoms with Gasteiger partial charge in [-0.05, 0) is 61.9 Å². The molecule has 0 amide bonds. The van der Waals surface area contributed by atoms with E-state index in [1.54, 1.807) is 21.3 Å². The Bertz CT molecular complexity index is 1180. The monoisotopic (exact) mass is 405 g/mol. The van der Waals surface area contributed by atoms with Crippen LogP contribution in [0.1, 0.15) is 30.5 Å². The number of hydrogen-bond acceptors (Lipinski definition) is 5. The molecule has 1 aliphatic heterocycles. The van der Waals surface area contributed by atoms with Gasteiger partial charge in [0.05, 0.1) is 38.3 Å². The second-order valence-electron chi connectivity index (χ2n) is 7.76. The van der Waals surface area contributed by atoms with Gasteiger partial charge in [0.25, 0.3) is 0 Å². The van der Waals surface area contributed by atoms with Gasteiger partial charge in [0, 0.05) is 16.8 Å². The third kappa shape index (κ3) is 2.96. The van der Waals surface area contributed by atoms with Crippen LogP contribution in [0.25, 0.3) is 21.9 Å². The highest BCUT2D eigenvalue weighted by atomic mass is 16.5. The summed E-state index contributed by atoms with van der Waals surface area (Å²) in [5.74, 6) is 2.29. The lowest BCUT2D eigenvalue weighted by atomic mass is 9.86. The summed E-state index contributed by atoms with van der Waals surface area (Å²) in [6, 6.07) is 9.88. The first-order valence-corrected chi connectivity index (χ1v) is 10.0. The SMILES string of the molecule is COc1c2c(cc(O)c1-c1c(C)cc(OC)c3c(OC)cccc13)C[C@H](C)N=C2C. The number of aryl methyl sites for hydroxylation is 1. The average molecular weight is 405 g/mol. The number of fused-ring (bicyclic) bond motifs is 2. The first-order chi connectivity index (χ1) is 14.4. The van der Waals surface area contributed by atoms with Gasteiger partial charge >= 0.3 is 0 Å². The van der Waals surface area contributed by atoms with Gasteiger partial charge in [-0.25, -0.2) is 0 Å². The van der Waals surface area contributed by atoms with E-state index in [1.807, 2.05) is 44.2 Å². The molecule has 1 N–H and O–H groups in total. The van der Waals surface area contributed by atoms with Crippen LogP contribution in [0, 0.1) is 6.92 Å². The molecule has 5 heteroatoms. The standard InChI is InChI=1S/C25H27NO4/c1-13-10-20(29-5)23-17(8-7-9-19(23)28-4)21(13)24-18(27)12-16-11-14(2)26-15(3)22(16)25(24)30-6/h7-10,12,14,27H,11H2,1-6H3/t14-/m0/s1. The molecular weight excluding hydrogens is 378 g/mol. The van der Waals surface area contributed by atoms with E-state index in [1.165, 1.54) is 0 Å². The predicted octanol–water partition coefficient (Wildman–Crippen LogP) is 5.30. The number of hydrogen-bond donors (Lipinski definition) is 1. The highest BCUT2D eigenvalue weighted by molar-refractivity contribution is 6.10. The van der Waals surface area contributed by atoms with Crippen LogP contribution in [0.2, 0.25) is 0 Å². The number of benzene rings is 3. The zero-order valence-corrected chi connectivity index (χ0v) is 18.3. The number of aromatic hydroxyl groups is 1. The highest BCUT2D eigenvalue weighted by Gasteiger charge is 2.28. The van der Waals surface area contributed by atoms with Gasteiger partial charge < -0.3 is 19.3 Å². The minimum absolute atomic E-state index is 0.181. The summed E-state index contributed by atoms with van der Waals surface area (Å²) in [6.07, 6.45) is 0.771. The van der Waals surface area contributed by atoms with E-state index < -0.39 is 0 Å². The minimum atomic E-state index is 0.181. The lowest BCUT2D eigenvalue weighted by molar-refractivity contribution is 0.404. The number of ether oxygens (including phenoxy) is 3. The molecule has 0 radical (unpaired) electrons. The van der Waals surface area contributed by atoms with Crippen molar-refractivity contribution in [2.24, 2.45) is 4.99 Å². The Balaban J connectivity index is 2.14. The molecule has 0 fully saturated rings. The molecular formula is C25H27NO4. The number of phenolic OH excluding ortho intramolecular Hbond substituents is 1. The molecule has 1 heterocycles. The third-order valence-electron chi connectivity index (χ3n) is 5.81. The fourth-order valence-electron chi connectivity index (χ4n) is 4.67. The van der Waals surface area contributed by atoms with Crippen molar-refractivity contribution >= 4 is 16.5 Å². The van der Waals surface area contributed by atoms with Crippen LogP contribution in [-0.2, 0) is 6.42 Å². The van der Waals surface area contributed by atoms with Gasteiger partial charge in [-0.1, -0.05) is 12.1 Å². The zero-order chi connectivity index (χ0) is 21.6. The maximum atomic E-state index is 11.2. The van der Waals surface area contributed by atoms with Crippen molar-refractivity contribution in [1.82, 2.24) is 0 Å². The number of nitrogens with zero attached hydrogens (tertiary/aromatic N) is 1. The summed E-state index contributed by atoms with van der Waals surface area (Å²) in [4.78, 5) is 4.75. The van der Waals surface area contributed by atoms with E-state index in [0.717, 1.165) is 50.9 Å². The molecule has 0 bridgehead atoms. The van der Waals surface area contributed by atoms with Gasteiger partial charge in [0.15, 0.2) is 0 Å². The van der Waals surface area contributed by atoms with Crippen LogP contribution in [0.3, 0.4) is 0 Å². The Kier molecular flexibility index (Phi) is 5.06. The van der Waals surface area contributed by atoms with Gasteiger partial charge in [0.2, 0.25) is 0 Å². The molecule has 1 atom stereocenters. The van der Waals surface area contributed by atoms with Crippen molar-refractivity contribution in [2.45, 2.75) is 33.2 Å². The maximum absolute atomic E-state index is 11.2. The van der Waals surface area contributed by atoms with Crippen LogP contribution in [0.4, 0.5) is 0 Å². The zero-order valence-electron chi connectivity index (χ0n) is 18.3. The molecule has 0 saturated heterocycles. The lowest BCUT2D eigenvalue weighted by Crippen LogP contribution is -2.18. The van der Waals surface area contributed by atoms with Gasteiger partial charge in [-0.3, -0.25) is 4.99 Å². The summed E-state index contributed by atoms with van der Waals surface area (Å²) >= 11 is 0. The van der Waals surface area contributed by atoms with E-state index in [0.29, 0.717) is 17.1 Å². The van der Waals surface area contributed by atoms with E-state index in [2.05, 4.69) is 6.92 Å². The number of rotatable bonds is 4. The average Bonchev–Trinajstić information content (AvgIpc) is 2.72. The topological polar surface area (TPSA) is 60.3 Å². The number of aliphatic imine (C=N–C) groups is 1. The van der Waals surface area contributed by atoms with Gasteiger partial charge in [-0.2, -0.15) is 0 Å². The second-order valence-corrected chi connectivity index (χ2v) is 7.76. The van der Waals surface area contributed by atoms with Crippen LogP contribution in [0.5, 0.6) is 23.0 Å². The van der Waals surface area contributed by atoms with Crippen LogP contribution in [0.15, 0.2) is 35.3 Å². The van der Waals surface area contributed by atoms with Crippen LogP contribution < -0.4 is 14.2 Å². The molecule has 156 valence electrons. The lowest BCUT2D eigenvalue weighted by Gasteiger charge is -2.25. The van der Waals surface area contributed by atoms with Crippen molar-refractivity contribution in [3.05, 3.63) is 47.0 Å². The summed E-state index contributed by atoms with van der Waals surface area (Å²) in [5.41, 5.74) is 5.48. The third-order valence-corrected chi connectivity index (χ3v) is 5.81. The Labute approximate surface area is 176 Å². The fourth-order valence-corrected chi connectivity index (χ4v) is 4.67. The molecule has 0 saturated carbocycles. The van der Waals surface area contributed by atoms with Crippen LogP contribution in [-0.4, -0.2) is 38.2 Å². The Morgan fingerprint density at radius 1 is 0.933 bits per heavy atom. The number of phenols is 1. The highest BCUT2D eigenvalue weighted by Crippen LogP contribution is 2.50. The fraction of sp³-hybridized carbons (Fsp3) is 0.320. The van der Waals surface area contributed by atoms with Crippen molar-refractivity contribution in [3.8, 4) is 34.1 Å². The molecule has 0 spiro atoms. The van der Waals surface area contributed by atoms with E-state index >= 15 is 0 Å². The van der Waals surface area contributed by atoms with E-state index in [4.69, 9.17) is 19.2 Å². The second kappa shape index (κ2) is 7.56. The van der Waals surface area contributed by atoms with Crippen LogP contribution >= 0.6 is 0 Å². The molecule has 4 rings (SSSR count). The number of methoxy groups -OCH3 is 3. The Morgan fingerprint density at radius 2 is 1.67 bits per heavy atom. The minimum Gasteiger partial charge on any atom is -0.507 e. The Morgan fingerprint density at radius 3 is 2.33 bits per heavy atom. The molecule has 5 nitrogen and oxygen atoms in total. The summed E-state index contributed by atoms with van der Waals surface area (Å²) in [5, 5.41) is 13.0. The summed E-state index contributed by atoms with van der Waals surface area (Å²) < 4.78 is 17.2. The normalized spacial score (nSPS) is 15.5. The molecule has 0 unspecified atom stereocenters. The smallest absolute Gasteiger partial charge is 0.139 e. The molecule has 1 aliphatic rings. The van der Waals surface area contributed by atoms with Crippen molar-refractivity contribution in [1.29, 1.82) is 0 Å². The molecule has 30 heavy (non-hydrogen) atoms. The van der Waals surface area contributed by atoms with Gasteiger partial charge in [0.1, 0.15) is 23.0 Å². The largest absolute Gasteiger partial charge is 0.507 e. The maximum Gasteiger partial charge on any atom is 0.139 e. The quantitative estimate of drug-likeness (QED) is 0.640. The molecule has 0 aliphatic carbocycles. The molecule has 3 aromatic rings. The molecule has 0 aromatic heterocycles. The summed E-state index contributed by atoms with van der Waals surface area (Å²) in [7, 11) is 4.94. The molecule has 3 aromatic carbocycles. The predicted molar refractivity (Wildman–Crippen MR) is 121 cm³/mol. The Hall–Kier alpha value is -3.21. The van der Waals surface area contributed by atoms with Crippen molar-refractivity contribution in [2.75, 3.05) is 21.3 Å². The first kappa shape index (κ1) is 20.1. The van der Waals surface area contributed by atoms with Crippen molar-refractivity contribution in [3.63, 3.8) is 0 Å². The van der Waals surface area contributed by atoms with E-state index in [-0.39, 0.29) is 11.8 Å². The van der Waals surface area contributed by atoms with Crippen molar-refractivity contribution < 1.29 is 19.3 Å². The summed E-state index contributed by atoms with van der Waals surface area (Å²) in [6.45, 7) is 6.09. The van der Waals surface area contributed by atoms with E-state index in [9.17, 15) is 5.11 Å². The van der Waals surface area contributed by atoms with Gasteiger partial charge in [-0.15, -0.1) is 0 Å².